The number of carboxylic acids is 1. The summed E-state index contributed by atoms with van der Waals surface area (Å²) in [7, 11) is 0. The second kappa shape index (κ2) is 5.50. The van der Waals surface area contributed by atoms with E-state index in [4.69, 9.17) is 15.6 Å². The number of nitrogens with zero attached hydrogens (tertiary/aromatic N) is 1. The lowest BCUT2D eigenvalue weighted by atomic mass is 10.0. The molecule has 1 aromatic carbocycles. The lowest BCUT2D eigenvalue weighted by Gasteiger charge is -2.43. The number of carbonyl (C=O) groups is 1. The maximum atomic E-state index is 13.9. The number of nitrogen functional groups attached to an aromatic ring is 1. The van der Waals surface area contributed by atoms with Gasteiger partial charge >= 0.3 is 5.97 Å². The van der Waals surface area contributed by atoms with Gasteiger partial charge in [-0.1, -0.05) is 0 Å². The second-order valence-electron chi connectivity index (χ2n) is 5.76. The van der Waals surface area contributed by atoms with Crippen LogP contribution >= 0.6 is 0 Å². The molecule has 116 valence electrons. The number of benzene rings is 1. The Labute approximate surface area is 121 Å². The van der Waals surface area contributed by atoms with E-state index >= 15 is 0 Å². The van der Waals surface area contributed by atoms with Crippen LogP contribution in [0, 0.1) is 5.82 Å². The van der Waals surface area contributed by atoms with Crippen LogP contribution in [-0.2, 0) is 4.74 Å². The van der Waals surface area contributed by atoms with E-state index in [2.05, 4.69) is 0 Å². The highest BCUT2D eigenvalue weighted by Gasteiger charge is 2.34. The first-order valence-corrected chi connectivity index (χ1v) is 6.59. The fourth-order valence-corrected chi connectivity index (χ4v) is 2.59. The SMILES string of the molecule is CC1(C)CN(c2cc(F)c(C(=O)O)cc2N)CC(CO)O1. The van der Waals surface area contributed by atoms with Gasteiger partial charge in [-0.05, 0) is 19.9 Å². The Morgan fingerprint density at radius 1 is 1.57 bits per heavy atom. The molecule has 1 heterocycles. The van der Waals surface area contributed by atoms with Gasteiger partial charge in [0.25, 0.3) is 0 Å². The van der Waals surface area contributed by atoms with Crippen molar-refractivity contribution in [3.63, 3.8) is 0 Å². The van der Waals surface area contributed by atoms with E-state index in [1.54, 1.807) is 4.90 Å². The standard InChI is InChI=1S/C14H19FN2O4/c1-14(2)7-17(5-8(6-18)21-14)12-4-10(15)9(13(19)20)3-11(12)16/h3-4,8,18H,5-7,16H2,1-2H3,(H,19,20). The van der Waals surface area contributed by atoms with E-state index in [0.717, 1.165) is 12.1 Å². The Hall–Kier alpha value is -1.86. The van der Waals surface area contributed by atoms with Crippen molar-refractivity contribution in [3.8, 4) is 0 Å². The van der Waals surface area contributed by atoms with Crippen LogP contribution in [-0.4, -0.2) is 47.6 Å². The summed E-state index contributed by atoms with van der Waals surface area (Å²) in [5.41, 5.74) is 5.47. The number of aromatic carboxylic acids is 1. The minimum absolute atomic E-state index is 0.157. The molecule has 0 radical (unpaired) electrons. The molecule has 1 saturated heterocycles. The van der Waals surface area contributed by atoms with E-state index < -0.39 is 29.1 Å². The summed E-state index contributed by atoms with van der Waals surface area (Å²) in [5, 5.41) is 18.2. The summed E-state index contributed by atoms with van der Waals surface area (Å²) >= 11 is 0. The molecular formula is C14H19FN2O4. The Bertz CT molecular complexity index is 562. The third kappa shape index (κ3) is 3.25. The average molecular weight is 298 g/mol. The molecule has 1 fully saturated rings. The highest BCUT2D eigenvalue weighted by molar-refractivity contribution is 5.91. The Kier molecular flexibility index (Phi) is 4.06. The molecule has 6 nitrogen and oxygen atoms in total. The van der Waals surface area contributed by atoms with Crippen molar-refractivity contribution in [2.24, 2.45) is 0 Å². The van der Waals surface area contributed by atoms with Crippen LogP contribution in [0.15, 0.2) is 12.1 Å². The number of halogens is 1. The zero-order valence-electron chi connectivity index (χ0n) is 12.0. The minimum atomic E-state index is -1.36. The molecule has 0 bridgehead atoms. The number of morpholine rings is 1. The highest BCUT2D eigenvalue weighted by atomic mass is 19.1. The summed E-state index contributed by atoms with van der Waals surface area (Å²) < 4.78 is 19.6. The molecule has 0 amide bonds. The fraction of sp³-hybridized carbons (Fsp3) is 0.500. The number of aliphatic hydroxyl groups excluding tert-OH is 1. The van der Waals surface area contributed by atoms with Gasteiger partial charge in [-0.15, -0.1) is 0 Å². The number of nitrogens with two attached hydrogens (primary N) is 1. The normalized spacial score (nSPS) is 21.3. The second-order valence-corrected chi connectivity index (χ2v) is 5.76. The topological polar surface area (TPSA) is 96.0 Å². The largest absolute Gasteiger partial charge is 0.478 e. The smallest absolute Gasteiger partial charge is 0.338 e. The first-order chi connectivity index (χ1) is 9.73. The number of hydrogen-bond acceptors (Lipinski definition) is 5. The zero-order valence-corrected chi connectivity index (χ0v) is 12.0. The number of hydrogen-bond donors (Lipinski definition) is 3. The van der Waals surface area contributed by atoms with Crippen molar-refractivity contribution in [3.05, 3.63) is 23.5 Å². The molecule has 4 N–H and O–H groups in total. The molecular weight excluding hydrogens is 279 g/mol. The molecule has 0 spiro atoms. The third-order valence-corrected chi connectivity index (χ3v) is 3.37. The molecule has 0 saturated carbocycles. The van der Waals surface area contributed by atoms with Crippen LogP contribution < -0.4 is 10.6 Å². The molecule has 0 aromatic heterocycles. The summed E-state index contributed by atoms with van der Waals surface area (Å²) in [6.07, 6.45) is -0.407. The maximum Gasteiger partial charge on any atom is 0.338 e. The first kappa shape index (κ1) is 15.5. The Balaban J connectivity index is 2.37. The van der Waals surface area contributed by atoms with Gasteiger partial charge in [0, 0.05) is 19.2 Å². The van der Waals surface area contributed by atoms with E-state index in [9.17, 15) is 14.3 Å². The zero-order chi connectivity index (χ0) is 15.8. The summed E-state index contributed by atoms with van der Waals surface area (Å²) in [6.45, 7) is 4.38. The van der Waals surface area contributed by atoms with Crippen molar-refractivity contribution in [2.45, 2.75) is 25.6 Å². The molecule has 0 aliphatic carbocycles. The molecule has 1 aliphatic rings. The number of ether oxygens (including phenoxy) is 1. The van der Waals surface area contributed by atoms with Crippen molar-refractivity contribution in [2.75, 3.05) is 30.3 Å². The predicted molar refractivity (Wildman–Crippen MR) is 76.0 cm³/mol. The number of carboxylic acid groups (broad SMARTS) is 1. The van der Waals surface area contributed by atoms with E-state index in [1.807, 2.05) is 13.8 Å². The quantitative estimate of drug-likeness (QED) is 0.723. The Morgan fingerprint density at radius 2 is 2.24 bits per heavy atom. The molecule has 21 heavy (non-hydrogen) atoms. The highest BCUT2D eigenvalue weighted by Crippen LogP contribution is 2.31. The average Bonchev–Trinajstić information content (AvgIpc) is 2.38. The third-order valence-electron chi connectivity index (χ3n) is 3.37. The molecule has 1 atom stereocenters. The molecule has 2 rings (SSSR count). The molecule has 1 aliphatic heterocycles. The lowest BCUT2D eigenvalue weighted by molar-refractivity contribution is -0.101. The van der Waals surface area contributed by atoms with Crippen molar-refractivity contribution >= 4 is 17.3 Å². The molecule has 1 unspecified atom stereocenters. The van der Waals surface area contributed by atoms with Gasteiger partial charge in [0.2, 0.25) is 0 Å². The maximum absolute atomic E-state index is 13.9. The Morgan fingerprint density at radius 3 is 2.81 bits per heavy atom. The van der Waals surface area contributed by atoms with Crippen LogP contribution in [0.3, 0.4) is 0 Å². The van der Waals surface area contributed by atoms with Gasteiger partial charge in [0.05, 0.1) is 35.3 Å². The minimum Gasteiger partial charge on any atom is -0.478 e. The van der Waals surface area contributed by atoms with Gasteiger partial charge in [0.15, 0.2) is 0 Å². The summed E-state index contributed by atoms with van der Waals surface area (Å²) in [6, 6.07) is 2.23. The fourth-order valence-electron chi connectivity index (χ4n) is 2.59. The van der Waals surface area contributed by atoms with Crippen LogP contribution in [0.25, 0.3) is 0 Å². The van der Waals surface area contributed by atoms with E-state index in [-0.39, 0.29) is 12.3 Å². The van der Waals surface area contributed by atoms with Crippen molar-refractivity contribution in [1.82, 2.24) is 0 Å². The van der Waals surface area contributed by atoms with Gasteiger partial charge in [-0.3, -0.25) is 0 Å². The van der Waals surface area contributed by atoms with E-state index in [0.29, 0.717) is 18.8 Å². The summed E-state index contributed by atoms with van der Waals surface area (Å²) in [4.78, 5) is 12.7. The first-order valence-electron chi connectivity index (χ1n) is 6.59. The predicted octanol–water partition coefficient (Wildman–Crippen LogP) is 1.08. The molecule has 1 aromatic rings. The monoisotopic (exact) mass is 298 g/mol. The van der Waals surface area contributed by atoms with Gasteiger partial charge in [-0.2, -0.15) is 0 Å². The summed E-state index contributed by atoms with van der Waals surface area (Å²) in [5.74, 6) is -2.20. The van der Waals surface area contributed by atoms with Crippen LogP contribution in [0.5, 0.6) is 0 Å². The number of rotatable bonds is 3. The molecule has 7 heteroatoms. The van der Waals surface area contributed by atoms with Gasteiger partial charge in [-0.25, -0.2) is 9.18 Å². The van der Waals surface area contributed by atoms with E-state index in [1.165, 1.54) is 0 Å². The number of anilines is 2. The van der Waals surface area contributed by atoms with Crippen LogP contribution in [0.2, 0.25) is 0 Å². The van der Waals surface area contributed by atoms with Crippen LogP contribution in [0.1, 0.15) is 24.2 Å². The van der Waals surface area contributed by atoms with Gasteiger partial charge in [0.1, 0.15) is 5.82 Å². The van der Waals surface area contributed by atoms with Crippen molar-refractivity contribution < 1.29 is 24.1 Å². The lowest BCUT2D eigenvalue weighted by Crippen LogP contribution is -2.54. The van der Waals surface area contributed by atoms with Crippen LogP contribution in [0.4, 0.5) is 15.8 Å². The van der Waals surface area contributed by atoms with Crippen molar-refractivity contribution in [1.29, 1.82) is 0 Å². The van der Waals surface area contributed by atoms with Gasteiger partial charge < -0.3 is 25.6 Å². The number of aliphatic hydroxyl groups is 1.